The van der Waals surface area contributed by atoms with Crippen LogP contribution in [0.5, 0.6) is 0 Å². The average molecular weight is 367 g/mol. The first kappa shape index (κ1) is 21.3. The maximum atomic E-state index is 3.63. The monoisotopic (exact) mass is 366 g/mol. The van der Waals surface area contributed by atoms with E-state index in [0.717, 1.165) is 11.4 Å². The summed E-state index contributed by atoms with van der Waals surface area (Å²) in [7, 11) is 0. The third-order valence-electron chi connectivity index (χ3n) is 5.10. The Hall–Kier alpha value is -1.96. The Bertz CT molecular complexity index is 591. The molecule has 148 valence electrons. The van der Waals surface area contributed by atoms with Crippen molar-refractivity contribution in [2.75, 3.05) is 10.6 Å². The Morgan fingerprint density at radius 1 is 0.630 bits per heavy atom. The van der Waals surface area contributed by atoms with E-state index in [1.807, 2.05) is 18.2 Å². The van der Waals surface area contributed by atoms with Gasteiger partial charge >= 0.3 is 0 Å². The van der Waals surface area contributed by atoms with Crippen LogP contribution in [-0.2, 0) is 0 Å². The topological polar surface area (TPSA) is 24.1 Å². The minimum absolute atomic E-state index is 0.530. The predicted molar refractivity (Wildman–Crippen MR) is 121 cm³/mol. The summed E-state index contributed by atoms with van der Waals surface area (Å²) < 4.78 is 0. The molecule has 0 aliphatic carbocycles. The van der Waals surface area contributed by atoms with Gasteiger partial charge < -0.3 is 10.6 Å². The molecule has 0 fully saturated rings. The lowest BCUT2D eigenvalue weighted by molar-refractivity contribution is 0.544. The first-order valence-corrected chi connectivity index (χ1v) is 11.0. The second-order valence-electron chi connectivity index (χ2n) is 7.73. The van der Waals surface area contributed by atoms with Crippen molar-refractivity contribution in [2.24, 2.45) is 0 Å². The summed E-state index contributed by atoms with van der Waals surface area (Å²) in [5.41, 5.74) is 3.45. The summed E-state index contributed by atoms with van der Waals surface area (Å²) >= 11 is 0. The van der Waals surface area contributed by atoms with Gasteiger partial charge in [-0.15, -0.1) is 0 Å². The molecule has 1 atom stereocenters. The minimum Gasteiger partial charge on any atom is -0.383 e. The molecule has 0 saturated carbocycles. The highest BCUT2D eigenvalue weighted by molar-refractivity contribution is 5.62. The van der Waals surface area contributed by atoms with Gasteiger partial charge in [-0.25, -0.2) is 0 Å². The molecule has 0 aliphatic rings. The molecule has 2 N–H and O–H groups in total. The van der Waals surface area contributed by atoms with Crippen LogP contribution in [0, 0.1) is 0 Å². The van der Waals surface area contributed by atoms with Crippen LogP contribution in [0.25, 0.3) is 0 Å². The van der Waals surface area contributed by atoms with Crippen LogP contribution in [0.2, 0.25) is 0 Å². The molecule has 0 bridgehead atoms. The van der Waals surface area contributed by atoms with E-state index in [1.54, 1.807) is 0 Å². The first-order valence-electron chi connectivity index (χ1n) is 11.0. The summed E-state index contributed by atoms with van der Waals surface area (Å²) in [6.45, 7) is 4.58. The fraction of sp³-hybridized carbons (Fsp3) is 0.520. The number of para-hydroxylation sites is 1. The maximum absolute atomic E-state index is 3.63. The van der Waals surface area contributed by atoms with E-state index >= 15 is 0 Å². The first-order chi connectivity index (χ1) is 13.3. The second-order valence-corrected chi connectivity index (χ2v) is 7.73. The number of nitrogens with one attached hydrogen (secondary N) is 2. The number of benzene rings is 2. The fourth-order valence-electron chi connectivity index (χ4n) is 3.46. The molecule has 2 nitrogen and oxygen atoms in total. The molecule has 2 aromatic rings. The second kappa shape index (κ2) is 13.2. The van der Waals surface area contributed by atoms with Crippen molar-refractivity contribution in [3.63, 3.8) is 0 Å². The molecule has 0 spiro atoms. The molecule has 0 heterocycles. The van der Waals surface area contributed by atoms with Gasteiger partial charge in [0, 0.05) is 23.1 Å². The van der Waals surface area contributed by atoms with Gasteiger partial charge in [-0.2, -0.15) is 0 Å². The molecule has 0 radical (unpaired) electrons. The lowest BCUT2D eigenvalue weighted by Crippen LogP contribution is -2.14. The SMILES string of the molecule is CCCCCCCCCCCC(C)Nc1ccc(Nc2ccccc2)cc1. The molecule has 27 heavy (non-hydrogen) atoms. The van der Waals surface area contributed by atoms with E-state index in [2.05, 4.69) is 60.9 Å². The van der Waals surface area contributed by atoms with Gasteiger partial charge in [0.1, 0.15) is 0 Å². The Balaban J connectivity index is 1.57. The lowest BCUT2D eigenvalue weighted by Gasteiger charge is -2.16. The molecule has 2 rings (SSSR count). The minimum atomic E-state index is 0.530. The maximum Gasteiger partial charge on any atom is 0.0385 e. The van der Waals surface area contributed by atoms with Crippen LogP contribution in [0.1, 0.15) is 78.1 Å². The summed E-state index contributed by atoms with van der Waals surface area (Å²) in [6.07, 6.45) is 13.8. The third-order valence-corrected chi connectivity index (χ3v) is 5.10. The van der Waals surface area contributed by atoms with Gasteiger partial charge in [-0.1, -0.05) is 82.9 Å². The normalized spacial score (nSPS) is 11.9. The molecule has 2 aromatic carbocycles. The number of hydrogen-bond donors (Lipinski definition) is 2. The highest BCUT2D eigenvalue weighted by Gasteiger charge is 2.02. The number of rotatable bonds is 14. The van der Waals surface area contributed by atoms with E-state index < -0.39 is 0 Å². The molecule has 1 unspecified atom stereocenters. The van der Waals surface area contributed by atoms with Crippen molar-refractivity contribution in [3.05, 3.63) is 54.6 Å². The Kier molecular flexibility index (Phi) is 10.5. The zero-order valence-electron chi connectivity index (χ0n) is 17.3. The largest absolute Gasteiger partial charge is 0.383 e. The van der Waals surface area contributed by atoms with Gasteiger partial charge in [0.2, 0.25) is 0 Å². The van der Waals surface area contributed by atoms with E-state index in [1.165, 1.54) is 69.9 Å². The highest BCUT2D eigenvalue weighted by Crippen LogP contribution is 2.20. The van der Waals surface area contributed by atoms with E-state index in [-0.39, 0.29) is 0 Å². The molecular formula is C25H38N2. The van der Waals surface area contributed by atoms with Crippen molar-refractivity contribution in [3.8, 4) is 0 Å². The van der Waals surface area contributed by atoms with E-state index in [4.69, 9.17) is 0 Å². The molecule has 0 aromatic heterocycles. The standard InChI is InChI=1S/C25H38N2/c1-3-4-5-6-7-8-9-10-12-15-22(2)26-24-18-20-25(21-19-24)27-23-16-13-11-14-17-23/h11,13-14,16-22,26-27H,3-10,12,15H2,1-2H3. The van der Waals surface area contributed by atoms with Crippen LogP contribution in [0.3, 0.4) is 0 Å². The molecular weight excluding hydrogens is 328 g/mol. The van der Waals surface area contributed by atoms with Gasteiger partial charge in [0.15, 0.2) is 0 Å². The predicted octanol–water partition coefficient (Wildman–Crippen LogP) is 8.15. The third kappa shape index (κ3) is 9.51. The Labute approximate surface area is 166 Å². The Morgan fingerprint density at radius 2 is 1.15 bits per heavy atom. The quantitative estimate of drug-likeness (QED) is 0.330. The number of unbranched alkanes of at least 4 members (excludes halogenated alkanes) is 8. The van der Waals surface area contributed by atoms with Crippen molar-refractivity contribution >= 4 is 17.1 Å². The van der Waals surface area contributed by atoms with Gasteiger partial charge in [0.25, 0.3) is 0 Å². The summed E-state index contributed by atoms with van der Waals surface area (Å²) in [5.74, 6) is 0. The van der Waals surface area contributed by atoms with E-state index in [9.17, 15) is 0 Å². The summed E-state index contributed by atoms with van der Waals surface area (Å²) in [6, 6.07) is 19.4. The number of hydrogen-bond acceptors (Lipinski definition) is 2. The van der Waals surface area contributed by atoms with Crippen LogP contribution in [0.4, 0.5) is 17.1 Å². The van der Waals surface area contributed by atoms with Crippen LogP contribution in [-0.4, -0.2) is 6.04 Å². The van der Waals surface area contributed by atoms with Crippen molar-refractivity contribution in [2.45, 2.75) is 84.1 Å². The molecule has 0 aliphatic heterocycles. The van der Waals surface area contributed by atoms with Crippen molar-refractivity contribution in [1.29, 1.82) is 0 Å². The van der Waals surface area contributed by atoms with Crippen molar-refractivity contribution < 1.29 is 0 Å². The van der Waals surface area contributed by atoms with Crippen LogP contribution < -0.4 is 10.6 Å². The fourth-order valence-corrected chi connectivity index (χ4v) is 3.46. The van der Waals surface area contributed by atoms with E-state index in [0.29, 0.717) is 6.04 Å². The van der Waals surface area contributed by atoms with Gasteiger partial charge in [-0.05, 0) is 49.7 Å². The molecule has 0 amide bonds. The Morgan fingerprint density at radius 3 is 1.78 bits per heavy atom. The lowest BCUT2D eigenvalue weighted by atomic mass is 10.0. The van der Waals surface area contributed by atoms with Crippen LogP contribution in [0.15, 0.2) is 54.6 Å². The summed E-state index contributed by atoms with van der Waals surface area (Å²) in [5, 5.41) is 7.06. The highest BCUT2D eigenvalue weighted by atomic mass is 14.9. The van der Waals surface area contributed by atoms with Gasteiger partial charge in [-0.3, -0.25) is 0 Å². The zero-order valence-corrected chi connectivity index (χ0v) is 17.3. The zero-order chi connectivity index (χ0) is 19.2. The van der Waals surface area contributed by atoms with Gasteiger partial charge in [0.05, 0.1) is 0 Å². The van der Waals surface area contributed by atoms with Crippen LogP contribution >= 0.6 is 0 Å². The number of anilines is 3. The summed E-state index contributed by atoms with van der Waals surface area (Å²) in [4.78, 5) is 0. The average Bonchev–Trinajstić information content (AvgIpc) is 2.69. The molecule has 0 saturated heterocycles. The van der Waals surface area contributed by atoms with Crippen molar-refractivity contribution in [1.82, 2.24) is 0 Å². The smallest absolute Gasteiger partial charge is 0.0385 e. The molecule has 2 heteroatoms.